The fourth-order valence-electron chi connectivity index (χ4n) is 2.30. The Kier molecular flexibility index (Phi) is 3.32. The lowest BCUT2D eigenvalue weighted by Crippen LogP contribution is -2.05. The van der Waals surface area contributed by atoms with Gasteiger partial charge in [-0.25, -0.2) is 0 Å². The smallest absolute Gasteiger partial charge is 0.198 e. The Morgan fingerprint density at radius 3 is 2.70 bits per heavy atom. The number of hydrogen-bond acceptors (Lipinski definition) is 3. The molecule has 0 bridgehead atoms. The fraction of sp³-hybridized carbons (Fsp3) is 0.133. The van der Waals surface area contributed by atoms with Gasteiger partial charge in [0.2, 0.25) is 0 Å². The van der Waals surface area contributed by atoms with Gasteiger partial charge in [-0.2, -0.15) is 0 Å². The first-order valence-corrected chi connectivity index (χ1v) is 6.87. The number of carbonyl (C=O) groups excluding carboxylic acids is 1. The van der Waals surface area contributed by atoms with Crippen molar-refractivity contribution < 1.29 is 9.53 Å². The molecular formula is C15H11Cl2NO2. The number of halogens is 2. The van der Waals surface area contributed by atoms with Crippen molar-refractivity contribution in [3.05, 3.63) is 57.1 Å². The molecule has 102 valence electrons. The summed E-state index contributed by atoms with van der Waals surface area (Å²) in [5.74, 6) is 0.392. The van der Waals surface area contributed by atoms with E-state index in [1.165, 1.54) is 0 Å². The van der Waals surface area contributed by atoms with Gasteiger partial charge < -0.3 is 10.5 Å². The van der Waals surface area contributed by atoms with E-state index < -0.39 is 0 Å². The molecule has 0 unspecified atom stereocenters. The monoisotopic (exact) mass is 307 g/mol. The second kappa shape index (κ2) is 5.00. The second-order valence-corrected chi connectivity index (χ2v) is 5.45. The quantitative estimate of drug-likeness (QED) is 0.679. The highest BCUT2D eigenvalue weighted by Crippen LogP contribution is 2.35. The van der Waals surface area contributed by atoms with Crippen LogP contribution in [0, 0.1) is 0 Å². The normalized spacial score (nSPS) is 12.9. The number of ketones is 1. The van der Waals surface area contributed by atoms with Crippen LogP contribution in [0.5, 0.6) is 5.75 Å². The number of carbonyl (C=O) groups is 1. The molecule has 2 N–H and O–H groups in total. The van der Waals surface area contributed by atoms with Gasteiger partial charge in [0.15, 0.2) is 5.78 Å². The third-order valence-electron chi connectivity index (χ3n) is 3.23. The Morgan fingerprint density at radius 2 is 1.95 bits per heavy atom. The summed E-state index contributed by atoms with van der Waals surface area (Å²) < 4.78 is 5.54. The molecule has 0 radical (unpaired) electrons. The predicted octanol–water partition coefficient (Wildman–Crippen LogP) is 3.74. The van der Waals surface area contributed by atoms with Crippen molar-refractivity contribution >= 4 is 34.7 Å². The summed E-state index contributed by atoms with van der Waals surface area (Å²) in [6.07, 6.45) is 0.756. The molecule has 0 amide bonds. The Hall–Kier alpha value is -1.71. The third-order valence-corrected chi connectivity index (χ3v) is 3.76. The van der Waals surface area contributed by atoms with Crippen molar-refractivity contribution in [2.75, 3.05) is 12.3 Å². The van der Waals surface area contributed by atoms with Crippen LogP contribution in [0.15, 0.2) is 30.3 Å². The summed E-state index contributed by atoms with van der Waals surface area (Å²) >= 11 is 12.2. The van der Waals surface area contributed by atoms with Gasteiger partial charge in [0.25, 0.3) is 0 Å². The number of ether oxygens (including phenoxy) is 1. The highest BCUT2D eigenvalue weighted by Gasteiger charge is 2.24. The van der Waals surface area contributed by atoms with E-state index in [-0.39, 0.29) is 5.78 Å². The van der Waals surface area contributed by atoms with Gasteiger partial charge in [0.05, 0.1) is 17.2 Å². The zero-order valence-electron chi connectivity index (χ0n) is 10.5. The van der Waals surface area contributed by atoms with Gasteiger partial charge in [-0.3, -0.25) is 4.79 Å². The molecule has 0 aromatic heterocycles. The number of nitrogen functional groups attached to an aromatic ring is 1. The minimum atomic E-state index is -0.212. The lowest BCUT2D eigenvalue weighted by Gasteiger charge is -2.09. The minimum Gasteiger partial charge on any atom is -0.492 e. The van der Waals surface area contributed by atoms with E-state index >= 15 is 0 Å². The molecule has 0 aliphatic carbocycles. The lowest BCUT2D eigenvalue weighted by molar-refractivity contribution is 0.103. The molecule has 0 fully saturated rings. The van der Waals surface area contributed by atoms with E-state index in [9.17, 15) is 4.79 Å². The molecule has 3 nitrogen and oxygen atoms in total. The van der Waals surface area contributed by atoms with Gasteiger partial charge >= 0.3 is 0 Å². The first-order chi connectivity index (χ1) is 9.56. The first kappa shape index (κ1) is 13.3. The van der Waals surface area contributed by atoms with Crippen LogP contribution < -0.4 is 10.5 Å². The largest absolute Gasteiger partial charge is 0.492 e. The average Bonchev–Trinajstić information content (AvgIpc) is 2.85. The fourth-order valence-corrected chi connectivity index (χ4v) is 2.81. The maximum absolute atomic E-state index is 12.6. The molecule has 2 aromatic rings. The number of anilines is 1. The summed E-state index contributed by atoms with van der Waals surface area (Å²) in [6.45, 7) is 0.561. The summed E-state index contributed by atoms with van der Waals surface area (Å²) in [7, 11) is 0. The van der Waals surface area contributed by atoms with E-state index in [4.69, 9.17) is 33.7 Å². The van der Waals surface area contributed by atoms with Crippen molar-refractivity contribution in [3.8, 4) is 5.75 Å². The summed E-state index contributed by atoms with van der Waals surface area (Å²) in [4.78, 5) is 12.6. The minimum absolute atomic E-state index is 0.212. The van der Waals surface area contributed by atoms with Crippen molar-refractivity contribution in [2.45, 2.75) is 6.42 Å². The van der Waals surface area contributed by atoms with Gasteiger partial charge in [-0.05, 0) is 35.9 Å². The van der Waals surface area contributed by atoms with Crippen LogP contribution >= 0.6 is 23.2 Å². The standard InChI is InChI=1S/C15H11Cl2NO2/c16-9-5-8-3-4-20-15(8)12(6-9)14(19)11-2-1-10(18)7-13(11)17/h1-2,5-7H,3-4,18H2. The molecule has 1 aliphatic rings. The zero-order chi connectivity index (χ0) is 14.3. The van der Waals surface area contributed by atoms with Crippen LogP contribution in [0.4, 0.5) is 5.69 Å². The summed E-state index contributed by atoms with van der Waals surface area (Å²) in [5, 5.41) is 0.839. The molecule has 1 heterocycles. The second-order valence-electron chi connectivity index (χ2n) is 4.61. The molecule has 0 saturated heterocycles. The van der Waals surface area contributed by atoms with Crippen LogP contribution in [-0.4, -0.2) is 12.4 Å². The number of fused-ring (bicyclic) bond motifs is 1. The highest BCUT2D eigenvalue weighted by atomic mass is 35.5. The highest BCUT2D eigenvalue weighted by molar-refractivity contribution is 6.36. The van der Waals surface area contributed by atoms with E-state index in [1.807, 2.05) is 6.07 Å². The van der Waals surface area contributed by atoms with Crippen LogP contribution in [0.1, 0.15) is 21.5 Å². The Labute approximate surface area is 126 Å². The van der Waals surface area contributed by atoms with E-state index in [1.54, 1.807) is 24.3 Å². The molecule has 1 aliphatic heterocycles. The number of benzene rings is 2. The van der Waals surface area contributed by atoms with Crippen LogP contribution in [0.25, 0.3) is 0 Å². The maximum atomic E-state index is 12.6. The van der Waals surface area contributed by atoms with E-state index in [0.717, 1.165) is 12.0 Å². The van der Waals surface area contributed by atoms with Crippen LogP contribution in [0.3, 0.4) is 0 Å². The first-order valence-electron chi connectivity index (χ1n) is 6.11. The number of rotatable bonds is 2. The van der Waals surface area contributed by atoms with E-state index in [0.29, 0.717) is 39.2 Å². The topological polar surface area (TPSA) is 52.3 Å². The summed E-state index contributed by atoms with van der Waals surface area (Å²) in [6, 6.07) is 8.25. The number of hydrogen-bond donors (Lipinski definition) is 1. The van der Waals surface area contributed by atoms with E-state index in [2.05, 4.69) is 0 Å². The van der Waals surface area contributed by atoms with Crippen LogP contribution in [-0.2, 0) is 6.42 Å². The van der Waals surface area contributed by atoms with Gasteiger partial charge in [0.1, 0.15) is 5.75 Å². The van der Waals surface area contributed by atoms with Crippen molar-refractivity contribution in [1.82, 2.24) is 0 Å². The SMILES string of the molecule is Nc1ccc(C(=O)c2cc(Cl)cc3c2OCC3)c(Cl)c1. The molecule has 0 saturated carbocycles. The Bertz CT molecular complexity index is 713. The van der Waals surface area contributed by atoms with Gasteiger partial charge in [-0.15, -0.1) is 0 Å². The molecule has 5 heteroatoms. The third kappa shape index (κ3) is 2.23. The Balaban J connectivity index is 2.11. The van der Waals surface area contributed by atoms with Crippen LogP contribution in [0.2, 0.25) is 10.0 Å². The molecule has 0 atom stereocenters. The predicted molar refractivity (Wildman–Crippen MR) is 79.9 cm³/mol. The molecular weight excluding hydrogens is 297 g/mol. The van der Waals surface area contributed by atoms with Crippen molar-refractivity contribution in [3.63, 3.8) is 0 Å². The van der Waals surface area contributed by atoms with Crippen molar-refractivity contribution in [2.24, 2.45) is 0 Å². The average molecular weight is 308 g/mol. The zero-order valence-corrected chi connectivity index (χ0v) is 12.0. The molecule has 20 heavy (non-hydrogen) atoms. The number of nitrogens with two attached hydrogens (primary N) is 1. The Morgan fingerprint density at radius 1 is 1.15 bits per heavy atom. The van der Waals surface area contributed by atoms with Crippen molar-refractivity contribution in [1.29, 1.82) is 0 Å². The summed E-state index contributed by atoms with van der Waals surface area (Å²) in [5.41, 5.74) is 7.93. The molecule has 3 rings (SSSR count). The molecule has 2 aromatic carbocycles. The molecule has 0 spiro atoms. The maximum Gasteiger partial charge on any atom is 0.198 e. The van der Waals surface area contributed by atoms with Gasteiger partial charge in [-0.1, -0.05) is 23.2 Å². The lowest BCUT2D eigenvalue weighted by atomic mass is 9.99. The van der Waals surface area contributed by atoms with Gasteiger partial charge in [0, 0.05) is 22.7 Å².